The average Bonchev–Trinajstić information content (AvgIpc) is 2.42. The van der Waals surface area contributed by atoms with Crippen LogP contribution in [0.4, 0.5) is 0 Å². The molecule has 1 aromatic carbocycles. The Kier molecular flexibility index (Phi) is 7.45. The van der Waals surface area contributed by atoms with Crippen molar-refractivity contribution in [2.24, 2.45) is 0 Å². The van der Waals surface area contributed by atoms with Crippen LogP contribution in [-0.2, 0) is 22.7 Å². The predicted octanol–water partition coefficient (Wildman–Crippen LogP) is 2.53. The minimum Gasteiger partial charge on any atom is -0.350 e. The summed E-state index contributed by atoms with van der Waals surface area (Å²) >= 11 is 21.6. The van der Waals surface area contributed by atoms with E-state index in [0.29, 0.717) is 13.1 Å². The van der Waals surface area contributed by atoms with Gasteiger partial charge in [-0.2, -0.15) is 0 Å². The highest BCUT2D eigenvalue weighted by Gasteiger charge is 2.11. The zero-order valence-electron chi connectivity index (χ0n) is 10.2. The number of halogens is 4. The van der Waals surface area contributed by atoms with Gasteiger partial charge < -0.3 is 10.6 Å². The zero-order valence-corrected chi connectivity index (χ0v) is 13.2. The maximum Gasteiger partial charge on any atom is 0.253 e. The van der Waals surface area contributed by atoms with Gasteiger partial charge in [0.25, 0.3) is 11.8 Å². The van der Waals surface area contributed by atoms with Crippen LogP contribution in [0.1, 0.15) is 11.1 Å². The summed E-state index contributed by atoms with van der Waals surface area (Å²) in [6.45, 7) is 0.652. The molecule has 2 N–H and O–H groups in total. The van der Waals surface area contributed by atoms with Crippen LogP contribution >= 0.6 is 46.4 Å². The molecule has 1 rings (SSSR count). The van der Waals surface area contributed by atoms with Crippen molar-refractivity contribution < 1.29 is 9.59 Å². The van der Waals surface area contributed by atoms with Gasteiger partial charge in [-0.15, -0.1) is 0 Å². The molecule has 2 amide bonds. The second kappa shape index (κ2) is 8.57. The molecule has 0 unspecified atom stereocenters. The Labute approximate surface area is 136 Å². The lowest BCUT2D eigenvalue weighted by Crippen LogP contribution is -2.28. The van der Waals surface area contributed by atoms with Gasteiger partial charge in [0.1, 0.15) is 0 Å². The molecule has 8 heteroatoms. The van der Waals surface area contributed by atoms with Crippen molar-refractivity contribution in [3.05, 3.63) is 35.4 Å². The first-order valence-electron chi connectivity index (χ1n) is 5.59. The summed E-state index contributed by atoms with van der Waals surface area (Å²) in [5.41, 5.74) is 1.77. The Hall–Kier alpha value is -0.680. The fourth-order valence-corrected chi connectivity index (χ4v) is 1.62. The number of alkyl halides is 4. The van der Waals surface area contributed by atoms with Crippen LogP contribution in [0, 0.1) is 0 Å². The number of amides is 2. The maximum absolute atomic E-state index is 11.2. The predicted molar refractivity (Wildman–Crippen MR) is 81.1 cm³/mol. The number of hydrogen-bond donors (Lipinski definition) is 2. The normalized spacial score (nSPS) is 10.7. The number of hydrogen-bond acceptors (Lipinski definition) is 2. The van der Waals surface area contributed by atoms with Crippen molar-refractivity contribution >= 4 is 58.2 Å². The monoisotopic (exact) mass is 356 g/mol. The largest absolute Gasteiger partial charge is 0.350 e. The van der Waals surface area contributed by atoms with Gasteiger partial charge in [-0.1, -0.05) is 70.7 Å². The smallest absolute Gasteiger partial charge is 0.253 e. The summed E-state index contributed by atoms with van der Waals surface area (Å²) in [6, 6.07) is 7.27. The topological polar surface area (TPSA) is 58.2 Å². The van der Waals surface area contributed by atoms with E-state index >= 15 is 0 Å². The third-order valence-electron chi connectivity index (χ3n) is 2.35. The van der Waals surface area contributed by atoms with Crippen molar-refractivity contribution in [1.82, 2.24) is 10.6 Å². The van der Waals surface area contributed by atoms with E-state index in [0.717, 1.165) is 11.1 Å². The molecular formula is C12H12Cl4N2O2. The Morgan fingerprint density at radius 1 is 0.800 bits per heavy atom. The maximum atomic E-state index is 11.2. The lowest BCUT2D eigenvalue weighted by atomic mass is 10.1. The highest BCUT2D eigenvalue weighted by Crippen LogP contribution is 2.07. The minimum atomic E-state index is -1.08. The van der Waals surface area contributed by atoms with E-state index in [2.05, 4.69) is 10.6 Å². The Morgan fingerprint density at radius 2 is 1.10 bits per heavy atom. The molecule has 0 aromatic heterocycles. The molecule has 0 aliphatic heterocycles. The molecule has 0 radical (unpaired) electrons. The molecular weight excluding hydrogens is 346 g/mol. The molecule has 4 nitrogen and oxygen atoms in total. The summed E-state index contributed by atoms with van der Waals surface area (Å²) in [6.07, 6.45) is 0. The molecule has 0 bridgehead atoms. The molecule has 0 aliphatic rings. The fourth-order valence-electron chi connectivity index (χ4n) is 1.31. The summed E-state index contributed by atoms with van der Waals surface area (Å²) in [7, 11) is 0. The van der Waals surface area contributed by atoms with E-state index in [1.807, 2.05) is 24.3 Å². The third-order valence-corrected chi connectivity index (χ3v) is 3.15. The first kappa shape index (κ1) is 17.4. The van der Waals surface area contributed by atoms with Crippen molar-refractivity contribution in [3.8, 4) is 0 Å². The van der Waals surface area contributed by atoms with Crippen LogP contribution in [0.25, 0.3) is 0 Å². The number of rotatable bonds is 6. The van der Waals surface area contributed by atoms with E-state index in [1.54, 1.807) is 0 Å². The van der Waals surface area contributed by atoms with Gasteiger partial charge in [0.05, 0.1) is 0 Å². The van der Waals surface area contributed by atoms with Gasteiger partial charge >= 0.3 is 0 Å². The van der Waals surface area contributed by atoms with Gasteiger partial charge in [0.2, 0.25) is 0 Å². The molecule has 110 valence electrons. The molecule has 0 aliphatic carbocycles. The average molecular weight is 358 g/mol. The minimum absolute atomic E-state index is 0.326. The summed E-state index contributed by atoms with van der Waals surface area (Å²) in [5, 5.41) is 5.15. The van der Waals surface area contributed by atoms with E-state index < -0.39 is 21.5 Å². The Bertz CT molecular complexity index is 420. The Morgan fingerprint density at radius 3 is 1.35 bits per heavy atom. The number of nitrogens with one attached hydrogen (secondary N) is 2. The van der Waals surface area contributed by atoms with Gasteiger partial charge in [0, 0.05) is 13.1 Å². The molecule has 1 aromatic rings. The van der Waals surface area contributed by atoms with Crippen molar-refractivity contribution in [2.45, 2.75) is 22.8 Å². The van der Waals surface area contributed by atoms with Crippen molar-refractivity contribution in [1.29, 1.82) is 0 Å². The van der Waals surface area contributed by atoms with Crippen LogP contribution in [-0.4, -0.2) is 21.5 Å². The molecule has 0 spiro atoms. The quantitative estimate of drug-likeness (QED) is 0.768. The number of carbonyl (C=O) groups excluding carboxylic acids is 2. The van der Waals surface area contributed by atoms with Crippen LogP contribution in [0.2, 0.25) is 0 Å². The van der Waals surface area contributed by atoms with E-state index in [1.165, 1.54) is 0 Å². The van der Waals surface area contributed by atoms with Gasteiger partial charge in [-0.3, -0.25) is 9.59 Å². The molecule has 0 heterocycles. The highest BCUT2D eigenvalue weighted by molar-refractivity contribution is 6.53. The first-order chi connectivity index (χ1) is 9.40. The number of carbonyl (C=O) groups is 2. The van der Waals surface area contributed by atoms with Crippen molar-refractivity contribution in [3.63, 3.8) is 0 Å². The lowest BCUT2D eigenvalue weighted by molar-refractivity contribution is -0.120. The molecule has 0 atom stereocenters. The van der Waals surface area contributed by atoms with Gasteiger partial charge in [-0.05, 0) is 11.1 Å². The fraction of sp³-hybridized carbons (Fsp3) is 0.333. The lowest BCUT2D eigenvalue weighted by Gasteiger charge is -2.08. The van der Waals surface area contributed by atoms with Crippen LogP contribution in [0.15, 0.2) is 24.3 Å². The van der Waals surface area contributed by atoms with E-state index in [-0.39, 0.29) is 0 Å². The standard InChI is InChI=1S/C12H12Cl4N2O2/c13-9(14)11(19)17-5-7-1-2-8(4-3-7)6-18-12(20)10(15)16/h1-4,9-10H,5-6H2,(H,17,19)(H,18,20). The third kappa shape index (κ3) is 6.18. The molecule has 0 saturated heterocycles. The van der Waals surface area contributed by atoms with Gasteiger partial charge in [0.15, 0.2) is 9.67 Å². The second-order valence-corrected chi connectivity index (χ2v) is 6.05. The van der Waals surface area contributed by atoms with E-state index in [4.69, 9.17) is 46.4 Å². The van der Waals surface area contributed by atoms with E-state index in [9.17, 15) is 9.59 Å². The zero-order chi connectivity index (χ0) is 15.1. The summed E-state index contributed by atoms with van der Waals surface area (Å²) in [5.74, 6) is -0.889. The molecule has 20 heavy (non-hydrogen) atoms. The second-order valence-electron chi connectivity index (χ2n) is 3.85. The first-order valence-corrected chi connectivity index (χ1v) is 7.34. The number of benzene rings is 1. The van der Waals surface area contributed by atoms with Crippen LogP contribution < -0.4 is 10.6 Å². The summed E-state index contributed by atoms with van der Waals surface area (Å²) < 4.78 is 0. The molecule has 0 saturated carbocycles. The van der Waals surface area contributed by atoms with Crippen LogP contribution in [0.5, 0.6) is 0 Å². The highest BCUT2D eigenvalue weighted by atomic mass is 35.5. The Balaban J connectivity index is 2.44. The summed E-state index contributed by atoms with van der Waals surface area (Å²) in [4.78, 5) is 20.2. The van der Waals surface area contributed by atoms with Crippen LogP contribution in [0.3, 0.4) is 0 Å². The van der Waals surface area contributed by atoms with Gasteiger partial charge in [-0.25, -0.2) is 0 Å². The van der Waals surface area contributed by atoms with Crippen molar-refractivity contribution in [2.75, 3.05) is 0 Å². The molecule has 0 fully saturated rings. The SMILES string of the molecule is O=C(NCc1ccc(CNC(=O)C(Cl)Cl)cc1)C(Cl)Cl.